The van der Waals surface area contributed by atoms with Crippen LogP contribution in [-0.2, 0) is 0 Å². The first-order valence-corrected chi connectivity index (χ1v) is 8.72. The number of halogens is 3. The lowest BCUT2D eigenvalue weighted by Gasteiger charge is -2.27. The van der Waals surface area contributed by atoms with Crippen LogP contribution in [0.5, 0.6) is 5.75 Å². The summed E-state index contributed by atoms with van der Waals surface area (Å²) in [6, 6.07) is 11.8. The van der Waals surface area contributed by atoms with E-state index in [2.05, 4.69) is 21.7 Å². The molecule has 146 valence electrons. The fraction of sp³-hybridized carbons (Fsp3) is 0.350. The Morgan fingerprint density at radius 2 is 2.00 bits per heavy atom. The van der Waals surface area contributed by atoms with Gasteiger partial charge in [0.25, 0.3) is 0 Å². The van der Waals surface area contributed by atoms with Gasteiger partial charge in [-0.15, -0.1) is 24.0 Å². The third-order valence-corrected chi connectivity index (χ3v) is 4.62. The molecule has 2 N–H and O–H groups in total. The molecular formula is C20H24F2IN3O. The largest absolute Gasteiger partial charge is 0.493 e. The maximum Gasteiger partial charge on any atom is 0.191 e. The maximum absolute atomic E-state index is 13.4. The highest BCUT2D eigenvalue weighted by Crippen LogP contribution is 2.32. The van der Waals surface area contributed by atoms with E-state index in [1.165, 1.54) is 11.6 Å². The minimum atomic E-state index is -0.849. The van der Waals surface area contributed by atoms with Crippen LogP contribution in [0, 0.1) is 11.6 Å². The minimum Gasteiger partial charge on any atom is -0.493 e. The van der Waals surface area contributed by atoms with Crippen LogP contribution in [-0.4, -0.2) is 26.2 Å². The van der Waals surface area contributed by atoms with E-state index in [0.717, 1.165) is 18.2 Å². The number of nitrogens with zero attached hydrogens (tertiary/aromatic N) is 1. The van der Waals surface area contributed by atoms with Crippen molar-refractivity contribution in [3.63, 3.8) is 0 Å². The molecule has 0 saturated heterocycles. The summed E-state index contributed by atoms with van der Waals surface area (Å²) in [6.45, 7) is 3.29. The summed E-state index contributed by atoms with van der Waals surface area (Å²) < 4.78 is 32.2. The van der Waals surface area contributed by atoms with Gasteiger partial charge in [-0.1, -0.05) is 24.3 Å². The Bertz CT molecular complexity index is 801. The van der Waals surface area contributed by atoms with Crippen LogP contribution in [0.2, 0.25) is 0 Å². The molecule has 2 atom stereocenters. The molecule has 0 aromatic heterocycles. The van der Waals surface area contributed by atoms with Crippen LogP contribution >= 0.6 is 24.0 Å². The predicted octanol–water partition coefficient (Wildman–Crippen LogP) is 4.38. The summed E-state index contributed by atoms with van der Waals surface area (Å²) in [5, 5.41) is 6.53. The van der Waals surface area contributed by atoms with Gasteiger partial charge in [0.1, 0.15) is 5.75 Å². The van der Waals surface area contributed by atoms with Gasteiger partial charge in [0, 0.05) is 19.5 Å². The molecule has 0 aliphatic carbocycles. The zero-order valence-corrected chi connectivity index (χ0v) is 17.7. The molecule has 0 spiro atoms. The van der Waals surface area contributed by atoms with Gasteiger partial charge in [0.2, 0.25) is 0 Å². The third kappa shape index (κ3) is 5.31. The van der Waals surface area contributed by atoms with Gasteiger partial charge in [-0.05, 0) is 42.7 Å². The van der Waals surface area contributed by atoms with E-state index in [9.17, 15) is 8.78 Å². The summed E-state index contributed by atoms with van der Waals surface area (Å²) in [5.74, 6) is 0.187. The molecule has 0 fully saturated rings. The Labute approximate surface area is 175 Å². The molecule has 0 radical (unpaired) electrons. The Balaban J connectivity index is 0.00000261. The summed E-state index contributed by atoms with van der Waals surface area (Å²) in [7, 11) is 1.69. The zero-order valence-electron chi connectivity index (χ0n) is 15.3. The number of guanidine groups is 1. The highest BCUT2D eigenvalue weighted by molar-refractivity contribution is 14.0. The van der Waals surface area contributed by atoms with Crippen molar-refractivity contribution in [3.05, 3.63) is 65.2 Å². The number of hydrogen-bond donors (Lipinski definition) is 2. The van der Waals surface area contributed by atoms with E-state index in [-0.39, 0.29) is 30.0 Å². The molecule has 2 aromatic carbocycles. The number of aliphatic imine (C=N–C) groups is 1. The van der Waals surface area contributed by atoms with Crippen molar-refractivity contribution >= 4 is 29.9 Å². The first kappa shape index (κ1) is 21.4. The Kier molecular flexibility index (Phi) is 7.82. The van der Waals surface area contributed by atoms with Gasteiger partial charge in [-0.2, -0.15) is 0 Å². The highest BCUT2D eigenvalue weighted by Gasteiger charge is 2.21. The van der Waals surface area contributed by atoms with Crippen LogP contribution in [0.4, 0.5) is 8.78 Å². The molecule has 7 heteroatoms. The summed E-state index contributed by atoms with van der Waals surface area (Å²) in [4.78, 5) is 4.23. The molecule has 0 bridgehead atoms. The van der Waals surface area contributed by atoms with E-state index in [1.807, 2.05) is 25.1 Å². The average Bonchev–Trinajstić information content (AvgIpc) is 2.67. The van der Waals surface area contributed by atoms with Gasteiger partial charge in [0.05, 0.1) is 12.6 Å². The first-order chi connectivity index (χ1) is 12.6. The van der Waals surface area contributed by atoms with Crippen molar-refractivity contribution in [3.8, 4) is 5.75 Å². The normalized spacial score (nSPS) is 17.2. The number of hydrogen-bond acceptors (Lipinski definition) is 2. The number of fused-ring (bicyclic) bond motifs is 1. The van der Waals surface area contributed by atoms with Gasteiger partial charge < -0.3 is 15.4 Å². The van der Waals surface area contributed by atoms with Crippen LogP contribution in [0.3, 0.4) is 0 Å². The third-order valence-electron chi connectivity index (χ3n) is 4.62. The molecule has 4 nitrogen and oxygen atoms in total. The molecule has 3 rings (SSSR count). The molecule has 1 aliphatic rings. The first-order valence-electron chi connectivity index (χ1n) is 8.72. The second-order valence-electron chi connectivity index (χ2n) is 6.36. The van der Waals surface area contributed by atoms with Crippen LogP contribution < -0.4 is 15.4 Å². The second kappa shape index (κ2) is 9.87. The monoisotopic (exact) mass is 487 g/mol. The number of nitrogens with one attached hydrogen (secondary N) is 2. The van der Waals surface area contributed by atoms with Crippen molar-refractivity contribution in [2.45, 2.75) is 25.3 Å². The molecule has 2 unspecified atom stereocenters. The quantitative estimate of drug-likeness (QED) is 0.383. The fourth-order valence-electron chi connectivity index (χ4n) is 3.11. The van der Waals surface area contributed by atoms with Crippen molar-refractivity contribution in [1.29, 1.82) is 0 Å². The molecular weight excluding hydrogens is 463 g/mol. The van der Waals surface area contributed by atoms with Crippen molar-refractivity contribution in [2.75, 3.05) is 20.2 Å². The van der Waals surface area contributed by atoms with E-state index in [4.69, 9.17) is 4.74 Å². The molecule has 0 amide bonds. The predicted molar refractivity (Wildman–Crippen MR) is 114 cm³/mol. The van der Waals surface area contributed by atoms with E-state index < -0.39 is 11.6 Å². The molecule has 1 heterocycles. The van der Waals surface area contributed by atoms with Crippen molar-refractivity contribution in [1.82, 2.24) is 10.6 Å². The molecule has 0 saturated carbocycles. The fourth-order valence-corrected chi connectivity index (χ4v) is 3.11. The van der Waals surface area contributed by atoms with Crippen molar-refractivity contribution < 1.29 is 13.5 Å². The lowest BCUT2D eigenvalue weighted by atomic mass is 9.93. The molecule has 1 aliphatic heterocycles. The number of rotatable bonds is 4. The summed E-state index contributed by atoms with van der Waals surface area (Å²) in [5.41, 5.74) is 1.85. The smallest absolute Gasteiger partial charge is 0.191 e. The van der Waals surface area contributed by atoms with Gasteiger partial charge in [-0.3, -0.25) is 4.99 Å². The van der Waals surface area contributed by atoms with Crippen molar-refractivity contribution in [2.24, 2.45) is 4.99 Å². The van der Waals surface area contributed by atoms with Crippen LogP contribution in [0.1, 0.15) is 36.4 Å². The van der Waals surface area contributed by atoms with Gasteiger partial charge in [0.15, 0.2) is 17.6 Å². The molecule has 2 aromatic rings. The topological polar surface area (TPSA) is 45.7 Å². The van der Waals surface area contributed by atoms with Crippen LogP contribution in [0.15, 0.2) is 47.5 Å². The summed E-state index contributed by atoms with van der Waals surface area (Å²) >= 11 is 0. The standard InChI is InChI=1S/C20H23F2N3O.HI/c1-13(14-7-8-17(21)18(22)11-14)25-20(23-2)24-12-15-9-10-26-19-6-4-3-5-16(15)19;/h3-8,11,13,15H,9-10,12H2,1-2H3,(H2,23,24,25);1H. The zero-order chi connectivity index (χ0) is 18.5. The molecule has 27 heavy (non-hydrogen) atoms. The SMILES string of the molecule is CN=C(NCC1CCOc2ccccc21)NC(C)c1ccc(F)c(F)c1.I. The highest BCUT2D eigenvalue weighted by atomic mass is 127. The van der Waals surface area contributed by atoms with Crippen LogP contribution in [0.25, 0.3) is 0 Å². The lowest BCUT2D eigenvalue weighted by molar-refractivity contribution is 0.267. The summed E-state index contributed by atoms with van der Waals surface area (Å²) in [6.07, 6.45) is 0.930. The minimum absolute atomic E-state index is 0. The average molecular weight is 487 g/mol. The lowest BCUT2D eigenvalue weighted by Crippen LogP contribution is -2.41. The Morgan fingerprint density at radius 1 is 1.22 bits per heavy atom. The Hall–Kier alpha value is -1.90. The Morgan fingerprint density at radius 3 is 2.74 bits per heavy atom. The van der Waals surface area contributed by atoms with Gasteiger partial charge >= 0.3 is 0 Å². The van der Waals surface area contributed by atoms with E-state index in [1.54, 1.807) is 13.1 Å². The maximum atomic E-state index is 13.4. The van der Waals surface area contributed by atoms with Gasteiger partial charge in [-0.25, -0.2) is 8.78 Å². The second-order valence-corrected chi connectivity index (χ2v) is 6.36. The number of benzene rings is 2. The number of para-hydroxylation sites is 1. The van der Waals surface area contributed by atoms with E-state index >= 15 is 0 Å². The van der Waals surface area contributed by atoms with E-state index in [0.29, 0.717) is 30.6 Å². The number of ether oxygens (including phenoxy) is 1.